The zero-order valence-electron chi connectivity index (χ0n) is 9.90. The van der Waals surface area contributed by atoms with Gasteiger partial charge in [-0.25, -0.2) is 0 Å². The van der Waals surface area contributed by atoms with Crippen LogP contribution in [0, 0.1) is 6.92 Å². The Morgan fingerprint density at radius 1 is 1.56 bits per heavy atom. The molecule has 88 valence electrons. The predicted molar refractivity (Wildman–Crippen MR) is 65.4 cm³/mol. The number of amides is 1. The highest BCUT2D eigenvalue weighted by Gasteiger charge is 2.17. The molecule has 1 aromatic rings. The largest absolute Gasteiger partial charge is 0.336 e. The van der Waals surface area contributed by atoms with E-state index in [4.69, 9.17) is 11.6 Å². The van der Waals surface area contributed by atoms with Crippen molar-refractivity contribution in [1.29, 1.82) is 0 Å². The van der Waals surface area contributed by atoms with Crippen LogP contribution in [0.5, 0.6) is 0 Å². The molecule has 1 amide bonds. The first-order valence-electron chi connectivity index (χ1n) is 5.40. The second-order valence-corrected chi connectivity index (χ2v) is 4.39. The van der Waals surface area contributed by atoms with Crippen molar-refractivity contribution >= 4 is 17.5 Å². The van der Waals surface area contributed by atoms with Crippen LogP contribution in [0.15, 0.2) is 18.2 Å². The number of carbonyl (C=O) groups is 1. The molecule has 0 radical (unpaired) electrons. The Bertz CT molecular complexity index is 366. The fourth-order valence-corrected chi connectivity index (χ4v) is 1.62. The highest BCUT2D eigenvalue weighted by Crippen LogP contribution is 2.07. The van der Waals surface area contributed by atoms with Crippen molar-refractivity contribution in [3.63, 3.8) is 0 Å². The van der Waals surface area contributed by atoms with Crippen molar-refractivity contribution in [3.05, 3.63) is 29.6 Å². The van der Waals surface area contributed by atoms with Crippen molar-refractivity contribution in [2.45, 2.75) is 32.7 Å². The molecule has 16 heavy (non-hydrogen) atoms. The molecule has 0 aliphatic heterocycles. The van der Waals surface area contributed by atoms with Crippen molar-refractivity contribution in [3.8, 4) is 0 Å². The average molecular weight is 241 g/mol. The van der Waals surface area contributed by atoms with Crippen molar-refractivity contribution in [1.82, 2.24) is 9.88 Å². The number of nitrogens with zero attached hydrogens (tertiary/aromatic N) is 2. The maximum Gasteiger partial charge on any atom is 0.240 e. The minimum Gasteiger partial charge on any atom is -0.336 e. The van der Waals surface area contributed by atoms with Crippen LogP contribution in [-0.4, -0.2) is 27.7 Å². The number of pyridine rings is 1. The SMILES string of the molecule is CCN(Cc1cccc(C)n1)C(=O)C(C)Cl. The van der Waals surface area contributed by atoms with Gasteiger partial charge in [-0.15, -0.1) is 11.6 Å². The van der Waals surface area contributed by atoms with Gasteiger partial charge in [-0.1, -0.05) is 6.07 Å². The summed E-state index contributed by atoms with van der Waals surface area (Å²) in [6.07, 6.45) is 0. The topological polar surface area (TPSA) is 33.2 Å². The van der Waals surface area contributed by atoms with E-state index in [1.54, 1.807) is 11.8 Å². The van der Waals surface area contributed by atoms with Crippen molar-refractivity contribution < 1.29 is 4.79 Å². The van der Waals surface area contributed by atoms with Crippen LogP contribution in [0.25, 0.3) is 0 Å². The second-order valence-electron chi connectivity index (χ2n) is 3.74. The molecule has 3 nitrogen and oxygen atoms in total. The fourth-order valence-electron chi connectivity index (χ4n) is 1.48. The third-order valence-corrected chi connectivity index (χ3v) is 2.52. The van der Waals surface area contributed by atoms with Gasteiger partial charge in [0.1, 0.15) is 5.38 Å². The van der Waals surface area contributed by atoms with E-state index < -0.39 is 5.38 Å². The third kappa shape index (κ3) is 3.49. The molecule has 0 spiro atoms. The van der Waals surface area contributed by atoms with Gasteiger partial charge in [0.15, 0.2) is 0 Å². The molecule has 1 rings (SSSR count). The molecule has 1 unspecified atom stereocenters. The molecule has 0 bridgehead atoms. The lowest BCUT2D eigenvalue weighted by Crippen LogP contribution is -2.35. The van der Waals surface area contributed by atoms with Gasteiger partial charge in [0.25, 0.3) is 0 Å². The normalized spacial score (nSPS) is 12.2. The summed E-state index contributed by atoms with van der Waals surface area (Å²) in [5, 5.41) is -0.482. The Kier molecular flexibility index (Phi) is 4.74. The van der Waals surface area contributed by atoms with Gasteiger partial charge in [0.05, 0.1) is 12.2 Å². The van der Waals surface area contributed by atoms with Gasteiger partial charge < -0.3 is 4.90 Å². The van der Waals surface area contributed by atoms with Crippen molar-refractivity contribution in [2.75, 3.05) is 6.54 Å². The first kappa shape index (κ1) is 13.0. The highest BCUT2D eigenvalue weighted by atomic mass is 35.5. The number of carbonyl (C=O) groups excluding carboxylic acids is 1. The van der Waals surface area contributed by atoms with E-state index >= 15 is 0 Å². The van der Waals surface area contributed by atoms with Gasteiger partial charge in [-0.2, -0.15) is 0 Å². The summed E-state index contributed by atoms with van der Waals surface area (Å²) in [4.78, 5) is 17.8. The summed E-state index contributed by atoms with van der Waals surface area (Å²) in [7, 11) is 0. The summed E-state index contributed by atoms with van der Waals surface area (Å²) in [5.74, 6) is -0.0486. The molecule has 0 saturated carbocycles. The maximum absolute atomic E-state index is 11.7. The lowest BCUT2D eigenvalue weighted by molar-refractivity contribution is -0.130. The van der Waals surface area contributed by atoms with E-state index in [1.165, 1.54) is 0 Å². The molecular formula is C12H17ClN2O. The molecule has 0 aromatic carbocycles. The number of hydrogen-bond acceptors (Lipinski definition) is 2. The molecule has 0 aliphatic carbocycles. The number of rotatable bonds is 4. The molecule has 1 heterocycles. The number of aromatic nitrogens is 1. The molecule has 0 N–H and O–H groups in total. The first-order valence-corrected chi connectivity index (χ1v) is 5.83. The zero-order chi connectivity index (χ0) is 12.1. The predicted octanol–water partition coefficient (Wildman–Crippen LogP) is 2.37. The maximum atomic E-state index is 11.7. The Morgan fingerprint density at radius 2 is 2.25 bits per heavy atom. The summed E-state index contributed by atoms with van der Waals surface area (Å²) >= 11 is 5.79. The molecule has 0 fully saturated rings. The monoisotopic (exact) mass is 240 g/mol. The molecular weight excluding hydrogens is 224 g/mol. The van der Waals surface area contributed by atoms with E-state index in [1.807, 2.05) is 32.0 Å². The van der Waals surface area contributed by atoms with Gasteiger partial charge in [0.2, 0.25) is 5.91 Å². The average Bonchev–Trinajstić information content (AvgIpc) is 2.25. The lowest BCUT2D eigenvalue weighted by Gasteiger charge is -2.21. The molecule has 1 atom stereocenters. The Hall–Kier alpha value is -1.09. The Labute approximate surface area is 101 Å². The van der Waals surface area contributed by atoms with Crippen LogP contribution in [0.4, 0.5) is 0 Å². The van der Waals surface area contributed by atoms with Crippen LogP contribution < -0.4 is 0 Å². The van der Waals surface area contributed by atoms with Gasteiger partial charge >= 0.3 is 0 Å². The van der Waals surface area contributed by atoms with Crippen LogP contribution >= 0.6 is 11.6 Å². The standard InChI is InChI=1S/C12H17ClN2O/c1-4-15(12(16)10(3)13)8-11-7-5-6-9(2)14-11/h5-7,10H,4,8H2,1-3H3. The lowest BCUT2D eigenvalue weighted by atomic mass is 10.3. The van der Waals surface area contributed by atoms with E-state index in [2.05, 4.69) is 4.98 Å². The quantitative estimate of drug-likeness (QED) is 0.757. The minimum atomic E-state index is -0.482. The van der Waals surface area contributed by atoms with Crippen LogP contribution in [-0.2, 0) is 11.3 Å². The van der Waals surface area contributed by atoms with Crippen molar-refractivity contribution in [2.24, 2.45) is 0 Å². The number of aryl methyl sites for hydroxylation is 1. The Morgan fingerprint density at radius 3 is 2.75 bits per heavy atom. The Balaban J connectivity index is 2.74. The molecule has 0 saturated heterocycles. The fraction of sp³-hybridized carbons (Fsp3) is 0.500. The second kappa shape index (κ2) is 5.85. The summed E-state index contributed by atoms with van der Waals surface area (Å²) in [5.41, 5.74) is 1.85. The van der Waals surface area contributed by atoms with Crippen LogP contribution in [0.3, 0.4) is 0 Å². The van der Waals surface area contributed by atoms with Gasteiger partial charge in [-0.3, -0.25) is 9.78 Å². The van der Waals surface area contributed by atoms with E-state index in [0.29, 0.717) is 13.1 Å². The molecule has 1 aromatic heterocycles. The summed E-state index contributed by atoms with van der Waals surface area (Å²) in [6, 6.07) is 5.80. The highest BCUT2D eigenvalue weighted by molar-refractivity contribution is 6.30. The van der Waals surface area contributed by atoms with Gasteiger partial charge in [0, 0.05) is 12.2 Å². The van der Waals surface area contributed by atoms with Crippen LogP contribution in [0.2, 0.25) is 0 Å². The first-order chi connectivity index (χ1) is 7.54. The molecule has 0 aliphatic rings. The number of hydrogen-bond donors (Lipinski definition) is 0. The van der Waals surface area contributed by atoms with Gasteiger partial charge in [-0.05, 0) is 32.9 Å². The third-order valence-electron chi connectivity index (χ3n) is 2.33. The smallest absolute Gasteiger partial charge is 0.240 e. The minimum absolute atomic E-state index is 0.0486. The summed E-state index contributed by atoms with van der Waals surface area (Å²) in [6.45, 7) is 6.73. The number of halogens is 1. The van der Waals surface area contributed by atoms with E-state index in [0.717, 1.165) is 11.4 Å². The van der Waals surface area contributed by atoms with Crippen LogP contribution in [0.1, 0.15) is 25.2 Å². The summed E-state index contributed by atoms with van der Waals surface area (Å²) < 4.78 is 0. The van der Waals surface area contributed by atoms with E-state index in [-0.39, 0.29) is 5.91 Å². The zero-order valence-corrected chi connectivity index (χ0v) is 10.7. The molecule has 4 heteroatoms. The van der Waals surface area contributed by atoms with E-state index in [9.17, 15) is 4.79 Å². The number of alkyl halides is 1.